The summed E-state index contributed by atoms with van der Waals surface area (Å²) in [5, 5.41) is 0. The van der Waals surface area contributed by atoms with E-state index in [2.05, 4.69) is 0 Å². The molecule has 29 heavy (non-hydrogen) atoms. The number of carbonyl (C=O) groups excluding carboxylic acids is 2. The summed E-state index contributed by atoms with van der Waals surface area (Å²) < 4.78 is 10.4. The van der Waals surface area contributed by atoms with E-state index >= 15 is 0 Å². The number of benzene rings is 2. The van der Waals surface area contributed by atoms with Crippen LogP contribution in [0, 0.1) is 5.92 Å². The van der Waals surface area contributed by atoms with E-state index < -0.39 is 11.9 Å². The number of ketones is 1. The molecule has 5 heteroatoms. The predicted octanol–water partition coefficient (Wildman–Crippen LogP) is 4.08. The van der Waals surface area contributed by atoms with Crippen molar-refractivity contribution in [3.8, 4) is 5.75 Å². The van der Waals surface area contributed by atoms with Crippen LogP contribution < -0.4 is 9.64 Å². The molecular formula is C24H27NO4. The van der Waals surface area contributed by atoms with E-state index in [9.17, 15) is 9.59 Å². The van der Waals surface area contributed by atoms with Crippen LogP contribution in [0.25, 0.3) is 5.57 Å². The molecule has 0 heterocycles. The van der Waals surface area contributed by atoms with Gasteiger partial charge in [0.25, 0.3) is 0 Å². The number of hydrogen-bond acceptors (Lipinski definition) is 5. The molecule has 1 aliphatic rings. The summed E-state index contributed by atoms with van der Waals surface area (Å²) in [6.07, 6.45) is 2.19. The Kier molecular flexibility index (Phi) is 6.37. The van der Waals surface area contributed by atoms with Crippen LogP contribution >= 0.6 is 0 Å². The SMILES string of the molecule is CCOC(=O)[C@@H]1C(=O)C=C(c2ccc(N(C)C)cc2)C[C@@H]1c1ccc(OC)cc1. The van der Waals surface area contributed by atoms with Gasteiger partial charge in [-0.1, -0.05) is 24.3 Å². The topological polar surface area (TPSA) is 55.8 Å². The van der Waals surface area contributed by atoms with Gasteiger partial charge in [0.05, 0.1) is 13.7 Å². The van der Waals surface area contributed by atoms with Crippen LogP contribution in [0.5, 0.6) is 5.75 Å². The molecule has 1 aliphatic carbocycles. The number of hydrogen-bond donors (Lipinski definition) is 0. The lowest BCUT2D eigenvalue weighted by Crippen LogP contribution is -2.34. The lowest BCUT2D eigenvalue weighted by molar-refractivity contribution is -0.151. The highest BCUT2D eigenvalue weighted by Crippen LogP contribution is 2.41. The van der Waals surface area contributed by atoms with Gasteiger partial charge in [-0.3, -0.25) is 9.59 Å². The summed E-state index contributed by atoms with van der Waals surface area (Å²) in [5.74, 6) is -1.04. The van der Waals surface area contributed by atoms with E-state index in [0.29, 0.717) is 6.42 Å². The smallest absolute Gasteiger partial charge is 0.317 e. The van der Waals surface area contributed by atoms with Gasteiger partial charge in [0.15, 0.2) is 5.78 Å². The van der Waals surface area contributed by atoms with Crippen LogP contribution in [0.3, 0.4) is 0 Å². The summed E-state index contributed by atoms with van der Waals surface area (Å²) in [7, 11) is 5.59. The maximum absolute atomic E-state index is 13.0. The second-order valence-electron chi connectivity index (χ2n) is 7.33. The maximum Gasteiger partial charge on any atom is 0.317 e. The molecule has 0 spiro atoms. The highest BCUT2D eigenvalue weighted by molar-refractivity contribution is 6.10. The van der Waals surface area contributed by atoms with Crippen molar-refractivity contribution in [1.29, 1.82) is 0 Å². The first kappa shape index (κ1) is 20.6. The Labute approximate surface area is 171 Å². The average Bonchev–Trinajstić information content (AvgIpc) is 2.73. The Hall–Kier alpha value is -3.08. The number of ether oxygens (including phenoxy) is 2. The minimum atomic E-state index is -0.826. The van der Waals surface area contributed by atoms with Gasteiger partial charge in [0.2, 0.25) is 0 Å². The number of rotatable bonds is 6. The zero-order valence-corrected chi connectivity index (χ0v) is 17.3. The first-order chi connectivity index (χ1) is 13.9. The van der Waals surface area contributed by atoms with E-state index in [1.165, 1.54) is 0 Å². The molecule has 0 amide bonds. The Morgan fingerprint density at radius 2 is 1.72 bits per heavy atom. The normalized spacial score (nSPS) is 18.8. The fraction of sp³-hybridized carbons (Fsp3) is 0.333. The quantitative estimate of drug-likeness (QED) is 0.547. The molecule has 0 aliphatic heterocycles. The standard InChI is InChI=1S/C24H27NO4/c1-5-29-24(27)23-21(17-8-12-20(28-4)13-9-17)14-18(15-22(23)26)16-6-10-19(11-7-16)25(2)3/h6-13,15,21,23H,5,14H2,1-4H3/t21-,23+/m1/s1. The molecular weight excluding hydrogens is 366 g/mol. The van der Waals surface area contributed by atoms with E-state index in [-0.39, 0.29) is 18.3 Å². The minimum absolute atomic E-state index is 0.206. The number of methoxy groups -OCH3 is 1. The van der Waals surface area contributed by atoms with Gasteiger partial charge in [-0.25, -0.2) is 0 Å². The molecule has 0 aromatic heterocycles. The third-order valence-corrected chi connectivity index (χ3v) is 5.30. The van der Waals surface area contributed by atoms with Crippen LogP contribution in [-0.4, -0.2) is 39.6 Å². The number of anilines is 1. The molecule has 0 bridgehead atoms. The Bertz CT molecular complexity index is 897. The third kappa shape index (κ3) is 4.50. The molecule has 2 aromatic carbocycles. The Balaban J connectivity index is 1.97. The summed E-state index contributed by atoms with van der Waals surface area (Å²) in [5.41, 5.74) is 3.94. The van der Waals surface area contributed by atoms with Crippen molar-refractivity contribution >= 4 is 23.0 Å². The Morgan fingerprint density at radius 3 is 2.28 bits per heavy atom. The molecule has 152 valence electrons. The minimum Gasteiger partial charge on any atom is -0.497 e. The van der Waals surface area contributed by atoms with E-state index in [1.54, 1.807) is 20.1 Å². The first-order valence-electron chi connectivity index (χ1n) is 9.77. The summed E-state index contributed by atoms with van der Waals surface area (Å²) >= 11 is 0. The molecule has 5 nitrogen and oxygen atoms in total. The fourth-order valence-electron chi connectivity index (χ4n) is 3.72. The van der Waals surface area contributed by atoms with Crippen LogP contribution in [-0.2, 0) is 14.3 Å². The van der Waals surface area contributed by atoms with Crippen molar-refractivity contribution in [3.05, 3.63) is 65.7 Å². The molecule has 0 saturated heterocycles. The van der Waals surface area contributed by atoms with Gasteiger partial charge in [-0.2, -0.15) is 0 Å². The number of esters is 1. The zero-order chi connectivity index (χ0) is 21.0. The number of allylic oxidation sites excluding steroid dienone is 2. The molecule has 3 rings (SSSR count). The van der Waals surface area contributed by atoms with Gasteiger partial charge < -0.3 is 14.4 Å². The van der Waals surface area contributed by atoms with Crippen molar-refractivity contribution in [2.75, 3.05) is 32.7 Å². The Morgan fingerprint density at radius 1 is 1.07 bits per heavy atom. The van der Waals surface area contributed by atoms with Gasteiger partial charge in [0, 0.05) is 25.7 Å². The van der Waals surface area contributed by atoms with Crippen molar-refractivity contribution in [3.63, 3.8) is 0 Å². The second-order valence-corrected chi connectivity index (χ2v) is 7.33. The average molecular weight is 393 g/mol. The largest absolute Gasteiger partial charge is 0.497 e. The van der Waals surface area contributed by atoms with E-state index in [1.807, 2.05) is 67.5 Å². The van der Waals surface area contributed by atoms with Crippen molar-refractivity contribution in [2.45, 2.75) is 19.3 Å². The highest BCUT2D eigenvalue weighted by atomic mass is 16.5. The van der Waals surface area contributed by atoms with Crippen molar-refractivity contribution in [1.82, 2.24) is 0 Å². The zero-order valence-electron chi connectivity index (χ0n) is 17.3. The van der Waals surface area contributed by atoms with Crippen LogP contribution in [0.2, 0.25) is 0 Å². The van der Waals surface area contributed by atoms with Crippen LogP contribution in [0.15, 0.2) is 54.6 Å². The molecule has 2 aromatic rings. The fourth-order valence-corrected chi connectivity index (χ4v) is 3.72. The maximum atomic E-state index is 13.0. The lowest BCUT2D eigenvalue weighted by Gasteiger charge is -2.29. The van der Waals surface area contributed by atoms with Crippen LogP contribution in [0.1, 0.15) is 30.4 Å². The van der Waals surface area contributed by atoms with Crippen molar-refractivity contribution < 1.29 is 19.1 Å². The summed E-state index contributed by atoms with van der Waals surface area (Å²) in [6.45, 7) is 2.00. The predicted molar refractivity (Wildman–Crippen MR) is 114 cm³/mol. The molecule has 0 N–H and O–H groups in total. The summed E-state index contributed by atoms with van der Waals surface area (Å²) in [4.78, 5) is 27.6. The van der Waals surface area contributed by atoms with E-state index in [0.717, 1.165) is 28.1 Å². The third-order valence-electron chi connectivity index (χ3n) is 5.30. The molecule has 0 fully saturated rings. The first-order valence-corrected chi connectivity index (χ1v) is 9.77. The highest BCUT2D eigenvalue weighted by Gasteiger charge is 2.39. The van der Waals surface area contributed by atoms with Gasteiger partial charge in [-0.05, 0) is 60.4 Å². The van der Waals surface area contributed by atoms with Gasteiger partial charge in [-0.15, -0.1) is 0 Å². The van der Waals surface area contributed by atoms with Gasteiger partial charge >= 0.3 is 5.97 Å². The summed E-state index contributed by atoms with van der Waals surface area (Å²) in [6, 6.07) is 15.6. The monoisotopic (exact) mass is 393 g/mol. The molecule has 0 unspecified atom stereocenters. The molecule has 2 atom stereocenters. The van der Waals surface area contributed by atoms with E-state index in [4.69, 9.17) is 9.47 Å². The molecule has 0 radical (unpaired) electrons. The number of nitrogens with zero attached hydrogens (tertiary/aromatic N) is 1. The van der Waals surface area contributed by atoms with Gasteiger partial charge in [0.1, 0.15) is 11.7 Å². The lowest BCUT2D eigenvalue weighted by atomic mass is 9.73. The van der Waals surface area contributed by atoms with Crippen molar-refractivity contribution in [2.24, 2.45) is 5.92 Å². The molecule has 0 saturated carbocycles. The number of carbonyl (C=O) groups is 2. The van der Waals surface area contributed by atoms with Crippen LogP contribution in [0.4, 0.5) is 5.69 Å². The second kappa shape index (κ2) is 8.95.